The summed E-state index contributed by atoms with van der Waals surface area (Å²) in [6.07, 6.45) is 2.63. The van der Waals surface area contributed by atoms with Crippen LogP contribution in [0.5, 0.6) is 0 Å². The molecule has 0 aliphatic heterocycles. The Labute approximate surface area is 126 Å². The van der Waals surface area contributed by atoms with E-state index >= 15 is 0 Å². The number of hydrogen-bond donors (Lipinski definition) is 1. The van der Waals surface area contributed by atoms with E-state index in [0.29, 0.717) is 31.2 Å². The minimum Gasteiger partial charge on any atom is -0.462 e. The zero-order valence-electron chi connectivity index (χ0n) is 13.5. The maximum absolute atomic E-state index is 11.8. The molecule has 0 amide bonds. The molecule has 0 radical (unpaired) electrons. The zero-order chi connectivity index (χ0) is 15.7. The van der Waals surface area contributed by atoms with Crippen molar-refractivity contribution in [1.29, 1.82) is 0 Å². The van der Waals surface area contributed by atoms with E-state index in [0.717, 1.165) is 25.3 Å². The average Bonchev–Trinajstić information content (AvgIpc) is 2.79. The van der Waals surface area contributed by atoms with Crippen molar-refractivity contribution in [2.75, 3.05) is 26.4 Å². The number of aromatic nitrogens is 2. The van der Waals surface area contributed by atoms with E-state index in [9.17, 15) is 4.79 Å². The summed E-state index contributed by atoms with van der Waals surface area (Å²) in [7, 11) is 1.82. The van der Waals surface area contributed by atoms with E-state index in [1.54, 1.807) is 17.8 Å². The lowest BCUT2D eigenvalue weighted by molar-refractivity contribution is 0.0524. The van der Waals surface area contributed by atoms with Crippen LogP contribution in [0.4, 0.5) is 0 Å². The molecule has 0 unspecified atom stereocenters. The van der Waals surface area contributed by atoms with E-state index in [1.165, 1.54) is 0 Å². The van der Waals surface area contributed by atoms with Gasteiger partial charge < -0.3 is 14.8 Å². The van der Waals surface area contributed by atoms with Crippen molar-refractivity contribution in [3.63, 3.8) is 0 Å². The molecular weight excluding hydrogens is 270 g/mol. The van der Waals surface area contributed by atoms with Crippen molar-refractivity contribution < 1.29 is 14.3 Å². The van der Waals surface area contributed by atoms with Gasteiger partial charge in [-0.2, -0.15) is 5.10 Å². The van der Waals surface area contributed by atoms with Crippen LogP contribution in [-0.2, 0) is 23.1 Å². The van der Waals surface area contributed by atoms with Crippen LogP contribution in [0.3, 0.4) is 0 Å². The van der Waals surface area contributed by atoms with Crippen molar-refractivity contribution in [2.24, 2.45) is 13.0 Å². The maximum Gasteiger partial charge on any atom is 0.341 e. The standard InChI is InChI=1S/C15H27N3O3/c1-5-21-15(19)13-10-17-18(4)14(13)11-16-7-9-20-8-6-12(2)3/h10,12,16H,5-9,11H2,1-4H3. The predicted octanol–water partition coefficient (Wildman–Crippen LogP) is 1.75. The molecule has 6 nitrogen and oxygen atoms in total. The number of rotatable bonds is 10. The van der Waals surface area contributed by atoms with Crippen molar-refractivity contribution >= 4 is 5.97 Å². The van der Waals surface area contributed by atoms with Crippen LogP contribution >= 0.6 is 0 Å². The number of aryl methyl sites for hydroxylation is 1. The summed E-state index contributed by atoms with van der Waals surface area (Å²) in [5.41, 5.74) is 1.35. The van der Waals surface area contributed by atoms with E-state index in [-0.39, 0.29) is 5.97 Å². The summed E-state index contributed by atoms with van der Waals surface area (Å²) in [5.74, 6) is 0.343. The second-order valence-electron chi connectivity index (χ2n) is 5.32. The molecule has 0 saturated carbocycles. The van der Waals surface area contributed by atoms with Gasteiger partial charge >= 0.3 is 5.97 Å². The minimum absolute atomic E-state index is 0.324. The number of carbonyl (C=O) groups is 1. The van der Waals surface area contributed by atoms with Gasteiger partial charge in [0.15, 0.2) is 0 Å². The third-order valence-corrected chi connectivity index (χ3v) is 3.11. The highest BCUT2D eigenvalue weighted by molar-refractivity contribution is 5.90. The molecule has 120 valence electrons. The Kier molecular flexibility index (Phi) is 8.00. The molecule has 6 heteroatoms. The minimum atomic E-state index is -0.324. The highest BCUT2D eigenvalue weighted by atomic mass is 16.5. The Morgan fingerprint density at radius 3 is 2.86 bits per heavy atom. The highest BCUT2D eigenvalue weighted by Gasteiger charge is 2.16. The largest absolute Gasteiger partial charge is 0.462 e. The predicted molar refractivity (Wildman–Crippen MR) is 81.1 cm³/mol. The van der Waals surface area contributed by atoms with Gasteiger partial charge in [0.05, 0.1) is 25.1 Å². The summed E-state index contributed by atoms with van der Waals surface area (Å²) in [4.78, 5) is 11.8. The number of nitrogens with zero attached hydrogens (tertiary/aromatic N) is 2. The summed E-state index contributed by atoms with van der Waals surface area (Å²) in [6.45, 7) is 9.29. The van der Waals surface area contributed by atoms with Crippen LogP contribution in [0.15, 0.2) is 6.20 Å². The van der Waals surface area contributed by atoms with Crippen LogP contribution in [0.25, 0.3) is 0 Å². The van der Waals surface area contributed by atoms with Gasteiger partial charge in [0.1, 0.15) is 5.56 Å². The molecule has 1 heterocycles. The Bertz CT molecular complexity index is 430. The molecule has 0 bridgehead atoms. The van der Waals surface area contributed by atoms with E-state index in [1.807, 2.05) is 7.05 Å². The van der Waals surface area contributed by atoms with Gasteiger partial charge in [-0.25, -0.2) is 4.79 Å². The van der Waals surface area contributed by atoms with Gasteiger partial charge in [0.25, 0.3) is 0 Å². The topological polar surface area (TPSA) is 65.4 Å². The fourth-order valence-corrected chi connectivity index (χ4v) is 1.82. The first-order valence-corrected chi connectivity index (χ1v) is 7.52. The molecule has 1 N–H and O–H groups in total. The second-order valence-corrected chi connectivity index (χ2v) is 5.32. The summed E-state index contributed by atoms with van der Waals surface area (Å²) in [5, 5.41) is 7.37. The van der Waals surface area contributed by atoms with E-state index in [4.69, 9.17) is 9.47 Å². The van der Waals surface area contributed by atoms with Gasteiger partial charge in [-0.1, -0.05) is 13.8 Å². The van der Waals surface area contributed by atoms with Gasteiger partial charge in [-0.15, -0.1) is 0 Å². The molecule has 0 aromatic carbocycles. The quantitative estimate of drug-likeness (QED) is 0.526. The van der Waals surface area contributed by atoms with Crippen molar-refractivity contribution in [1.82, 2.24) is 15.1 Å². The highest BCUT2D eigenvalue weighted by Crippen LogP contribution is 2.09. The van der Waals surface area contributed by atoms with Gasteiger partial charge in [0.2, 0.25) is 0 Å². The summed E-state index contributed by atoms with van der Waals surface area (Å²) >= 11 is 0. The van der Waals surface area contributed by atoms with E-state index in [2.05, 4.69) is 24.3 Å². The smallest absolute Gasteiger partial charge is 0.341 e. The number of esters is 1. The molecule has 0 atom stereocenters. The number of ether oxygens (including phenoxy) is 2. The first kappa shape index (κ1) is 17.7. The zero-order valence-corrected chi connectivity index (χ0v) is 13.5. The van der Waals surface area contributed by atoms with E-state index < -0.39 is 0 Å². The molecule has 0 fully saturated rings. The molecule has 0 aliphatic carbocycles. The average molecular weight is 297 g/mol. The summed E-state index contributed by atoms with van der Waals surface area (Å²) in [6, 6.07) is 0. The van der Waals surface area contributed by atoms with Gasteiger partial charge in [-0.3, -0.25) is 4.68 Å². The molecule has 1 aromatic heterocycles. The first-order valence-electron chi connectivity index (χ1n) is 7.52. The SMILES string of the molecule is CCOC(=O)c1cnn(C)c1CNCCOCCC(C)C. The van der Waals surface area contributed by atoms with Gasteiger partial charge in [-0.05, 0) is 19.3 Å². The monoisotopic (exact) mass is 297 g/mol. The Morgan fingerprint density at radius 2 is 2.19 bits per heavy atom. The van der Waals surface area contributed by atoms with Crippen molar-refractivity contribution in [2.45, 2.75) is 33.7 Å². The molecular formula is C15H27N3O3. The van der Waals surface area contributed by atoms with Crippen LogP contribution in [0.2, 0.25) is 0 Å². The van der Waals surface area contributed by atoms with Crippen LogP contribution in [0.1, 0.15) is 43.2 Å². The summed E-state index contributed by atoms with van der Waals surface area (Å²) < 4.78 is 12.2. The fraction of sp³-hybridized carbons (Fsp3) is 0.733. The number of carbonyl (C=O) groups excluding carboxylic acids is 1. The molecule has 0 spiro atoms. The van der Waals surface area contributed by atoms with Crippen LogP contribution in [0, 0.1) is 5.92 Å². The maximum atomic E-state index is 11.8. The lowest BCUT2D eigenvalue weighted by Crippen LogP contribution is -2.22. The van der Waals surface area contributed by atoms with Crippen molar-refractivity contribution in [3.8, 4) is 0 Å². The molecule has 0 saturated heterocycles. The second kappa shape index (κ2) is 9.52. The Morgan fingerprint density at radius 1 is 1.43 bits per heavy atom. The molecule has 0 aliphatic rings. The normalized spacial score (nSPS) is 11.1. The van der Waals surface area contributed by atoms with Gasteiger partial charge in [0, 0.05) is 26.7 Å². The third-order valence-electron chi connectivity index (χ3n) is 3.11. The van der Waals surface area contributed by atoms with Crippen LogP contribution < -0.4 is 5.32 Å². The number of hydrogen-bond acceptors (Lipinski definition) is 5. The van der Waals surface area contributed by atoms with Crippen LogP contribution in [-0.4, -0.2) is 42.1 Å². The lowest BCUT2D eigenvalue weighted by Gasteiger charge is -2.09. The molecule has 1 aromatic rings. The lowest BCUT2D eigenvalue weighted by atomic mass is 10.1. The number of nitrogens with one attached hydrogen (secondary N) is 1. The Hall–Kier alpha value is -1.40. The third kappa shape index (κ3) is 6.27. The molecule has 21 heavy (non-hydrogen) atoms. The first-order chi connectivity index (χ1) is 10.1. The van der Waals surface area contributed by atoms with Crippen molar-refractivity contribution in [3.05, 3.63) is 17.5 Å². The molecule has 1 rings (SSSR count). The Balaban J connectivity index is 2.32. The fourth-order valence-electron chi connectivity index (χ4n) is 1.82.